The Bertz CT molecular complexity index is 1540. The first-order valence-corrected chi connectivity index (χ1v) is 13.7. The van der Waals surface area contributed by atoms with E-state index >= 15 is 0 Å². The summed E-state index contributed by atoms with van der Waals surface area (Å²) in [5, 5.41) is 14.1. The minimum Gasteiger partial charge on any atom is -0.386 e. The van der Waals surface area contributed by atoms with E-state index in [4.69, 9.17) is 4.98 Å². The van der Waals surface area contributed by atoms with Gasteiger partial charge >= 0.3 is 0 Å². The Kier molecular flexibility index (Phi) is 6.93. The zero-order chi connectivity index (χ0) is 26.9. The number of amides is 1. The molecule has 0 unspecified atom stereocenters. The molecule has 4 heterocycles. The van der Waals surface area contributed by atoms with Crippen LogP contribution < -0.4 is 10.9 Å². The van der Waals surface area contributed by atoms with Gasteiger partial charge in [0, 0.05) is 24.8 Å². The van der Waals surface area contributed by atoms with E-state index in [0.29, 0.717) is 34.7 Å². The van der Waals surface area contributed by atoms with Gasteiger partial charge in [-0.15, -0.1) is 0 Å². The number of imidazole rings is 1. The van der Waals surface area contributed by atoms with Gasteiger partial charge in [0.2, 0.25) is 0 Å². The number of fused-ring (bicyclic) bond motifs is 2. The Hall–Kier alpha value is -3.95. The molecule has 1 amide bonds. The van der Waals surface area contributed by atoms with Gasteiger partial charge in [0.05, 0.1) is 28.9 Å². The molecule has 0 saturated carbocycles. The SMILES string of the molecule is C[C@H](Nc1cc[nH]c(=O)c1-c1nc2cc3c(cc2[nH]1)CN(CCCN1CCCC1)C3=O)[C@@H](O)c1ccccc1. The quantitative estimate of drug-likeness (QED) is 0.263. The zero-order valence-corrected chi connectivity index (χ0v) is 22.1. The van der Waals surface area contributed by atoms with Gasteiger partial charge < -0.3 is 30.2 Å². The summed E-state index contributed by atoms with van der Waals surface area (Å²) in [7, 11) is 0. The normalized spacial score (nSPS) is 17.1. The number of rotatable bonds is 9. The van der Waals surface area contributed by atoms with Crippen molar-refractivity contribution < 1.29 is 9.90 Å². The summed E-state index contributed by atoms with van der Waals surface area (Å²) in [6, 6.07) is 14.6. The number of carbonyl (C=O) groups is 1. The van der Waals surface area contributed by atoms with Crippen molar-refractivity contribution in [2.75, 3.05) is 31.5 Å². The maximum Gasteiger partial charge on any atom is 0.261 e. The monoisotopic (exact) mass is 526 g/mol. The summed E-state index contributed by atoms with van der Waals surface area (Å²) in [6.07, 6.45) is 4.33. The fraction of sp³-hybridized carbons (Fsp3) is 0.367. The topological polar surface area (TPSA) is 117 Å². The second-order valence-corrected chi connectivity index (χ2v) is 10.6. The smallest absolute Gasteiger partial charge is 0.261 e. The number of aliphatic hydroxyl groups is 1. The Labute approximate surface area is 226 Å². The number of nitrogens with one attached hydrogen (secondary N) is 3. The van der Waals surface area contributed by atoms with Gasteiger partial charge in [0.25, 0.3) is 11.5 Å². The van der Waals surface area contributed by atoms with Crippen LogP contribution in [0.5, 0.6) is 0 Å². The first kappa shape index (κ1) is 25.3. The number of aliphatic hydroxyl groups excluding tert-OH is 1. The largest absolute Gasteiger partial charge is 0.386 e. The van der Waals surface area contributed by atoms with Gasteiger partial charge in [-0.1, -0.05) is 30.3 Å². The second kappa shape index (κ2) is 10.7. The average Bonchev–Trinajstić information content (AvgIpc) is 3.67. The maximum absolute atomic E-state index is 13.1. The van der Waals surface area contributed by atoms with Gasteiger partial charge in [-0.05, 0) is 75.1 Å². The number of pyridine rings is 1. The summed E-state index contributed by atoms with van der Waals surface area (Å²) in [5.74, 6) is 0.454. The molecule has 0 radical (unpaired) electrons. The van der Waals surface area contributed by atoms with Crippen LogP contribution >= 0.6 is 0 Å². The first-order chi connectivity index (χ1) is 19.0. The third-order valence-electron chi connectivity index (χ3n) is 7.88. The predicted octanol–water partition coefficient (Wildman–Crippen LogP) is 3.89. The lowest BCUT2D eigenvalue weighted by atomic mass is 10.0. The molecule has 39 heavy (non-hydrogen) atoms. The van der Waals surface area contributed by atoms with E-state index < -0.39 is 6.10 Å². The molecule has 9 heteroatoms. The van der Waals surface area contributed by atoms with Crippen molar-refractivity contribution in [3.63, 3.8) is 0 Å². The van der Waals surface area contributed by atoms with Crippen LogP contribution in [0.2, 0.25) is 0 Å². The van der Waals surface area contributed by atoms with Crippen molar-refractivity contribution in [3.05, 3.63) is 81.8 Å². The number of aromatic amines is 2. The number of hydrogen-bond acceptors (Lipinski definition) is 6. The molecule has 2 aliphatic rings. The van der Waals surface area contributed by atoms with E-state index in [9.17, 15) is 14.7 Å². The highest BCUT2D eigenvalue weighted by Gasteiger charge is 2.29. The number of carbonyl (C=O) groups excluding carboxylic acids is 1. The molecule has 1 fully saturated rings. The fourth-order valence-electron chi connectivity index (χ4n) is 5.77. The van der Waals surface area contributed by atoms with E-state index in [0.717, 1.165) is 36.2 Å². The van der Waals surface area contributed by atoms with Crippen molar-refractivity contribution in [1.29, 1.82) is 0 Å². The summed E-state index contributed by atoms with van der Waals surface area (Å²) in [6.45, 7) is 6.58. The van der Waals surface area contributed by atoms with Crippen molar-refractivity contribution >= 4 is 22.6 Å². The molecule has 0 aliphatic carbocycles. The number of likely N-dealkylation sites (tertiary alicyclic amines) is 1. The molecule has 2 aliphatic heterocycles. The summed E-state index contributed by atoms with van der Waals surface area (Å²) in [4.78, 5) is 41.2. The minimum absolute atomic E-state index is 0.0431. The molecule has 2 aromatic heterocycles. The molecule has 4 N–H and O–H groups in total. The molecule has 1 saturated heterocycles. The van der Waals surface area contributed by atoms with E-state index in [1.807, 2.05) is 54.3 Å². The van der Waals surface area contributed by atoms with Crippen molar-refractivity contribution in [3.8, 4) is 11.4 Å². The third-order valence-corrected chi connectivity index (χ3v) is 7.88. The predicted molar refractivity (Wildman–Crippen MR) is 152 cm³/mol. The molecule has 0 bridgehead atoms. The van der Waals surface area contributed by atoms with Crippen molar-refractivity contribution in [2.24, 2.45) is 0 Å². The lowest BCUT2D eigenvalue weighted by molar-refractivity contribution is 0.0772. The van der Waals surface area contributed by atoms with Crippen LogP contribution in [0.1, 0.15) is 53.8 Å². The number of nitrogens with zero attached hydrogens (tertiary/aromatic N) is 3. The molecular formula is C30H34N6O3. The lowest BCUT2D eigenvalue weighted by Crippen LogP contribution is -2.29. The number of benzene rings is 2. The van der Waals surface area contributed by atoms with E-state index in [2.05, 4.69) is 20.2 Å². The Morgan fingerprint density at radius 2 is 1.87 bits per heavy atom. The van der Waals surface area contributed by atoms with Gasteiger partial charge in [0.1, 0.15) is 11.4 Å². The average molecular weight is 527 g/mol. The van der Waals surface area contributed by atoms with Crippen LogP contribution in [-0.2, 0) is 6.54 Å². The molecular weight excluding hydrogens is 492 g/mol. The van der Waals surface area contributed by atoms with Crippen LogP contribution in [0.25, 0.3) is 22.4 Å². The van der Waals surface area contributed by atoms with Gasteiger partial charge in [-0.2, -0.15) is 0 Å². The van der Waals surface area contributed by atoms with Crippen LogP contribution in [0.3, 0.4) is 0 Å². The van der Waals surface area contributed by atoms with Gasteiger partial charge in [-0.3, -0.25) is 9.59 Å². The molecule has 2 aromatic carbocycles. The molecule has 0 spiro atoms. The molecule has 202 valence electrons. The zero-order valence-electron chi connectivity index (χ0n) is 22.1. The number of aromatic nitrogens is 3. The Balaban J connectivity index is 1.22. The van der Waals surface area contributed by atoms with E-state index in [1.54, 1.807) is 12.3 Å². The fourth-order valence-corrected chi connectivity index (χ4v) is 5.77. The second-order valence-electron chi connectivity index (χ2n) is 10.6. The Morgan fingerprint density at radius 1 is 1.08 bits per heavy atom. The first-order valence-electron chi connectivity index (χ1n) is 13.7. The van der Waals surface area contributed by atoms with Crippen molar-refractivity contribution in [2.45, 2.75) is 44.9 Å². The van der Waals surface area contributed by atoms with E-state index in [1.165, 1.54) is 25.9 Å². The highest BCUT2D eigenvalue weighted by atomic mass is 16.3. The highest BCUT2D eigenvalue weighted by Crippen LogP contribution is 2.31. The van der Waals surface area contributed by atoms with Crippen LogP contribution in [0, 0.1) is 0 Å². The molecule has 4 aromatic rings. The molecule has 2 atom stereocenters. The number of hydrogen-bond donors (Lipinski definition) is 4. The standard InChI is InChI=1S/C30H34N6O3/c1-19(27(37)20-8-3-2-4-9-20)32-23-10-11-31-29(38)26(23)28-33-24-16-21-18-36(15-7-14-35-12-5-6-13-35)30(39)22(21)17-25(24)34-28/h2-4,8-11,16-17,19,27,37H,5-7,12-15,18H2,1H3,(H,33,34)(H2,31,32,38)/t19-,27+/m0/s1. The van der Waals surface area contributed by atoms with Crippen LogP contribution in [0.4, 0.5) is 5.69 Å². The summed E-state index contributed by atoms with van der Waals surface area (Å²) in [5.41, 5.74) is 4.49. The van der Waals surface area contributed by atoms with Crippen LogP contribution in [-0.4, -0.2) is 68.0 Å². The number of H-pyrrole nitrogens is 2. The van der Waals surface area contributed by atoms with Crippen LogP contribution in [0.15, 0.2) is 59.5 Å². The maximum atomic E-state index is 13.1. The molecule has 6 rings (SSSR count). The van der Waals surface area contributed by atoms with E-state index in [-0.39, 0.29) is 17.5 Å². The van der Waals surface area contributed by atoms with Gasteiger partial charge in [0.15, 0.2) is 0 Å². The summed E-state index contributed by atoms with van der Waals surface area (Å²) >= 11 is 0. The summed E-state index contributed by atoms with van der Waals surface area (Å²) < 4.78 is 0. The van der Waals surface area contributed by atoms with Gasteiger partial charge in [-0.25, -0.2) is 4.98 Å². The minimum atomic E-state index is -0.763. The molecule has 9 nitrogen and oxygen atoms in total. The number of anilines is 1. The lowest BCUT2D eigenvalue weighted by Gasteiger charge is -2.22. The third kappa shape index (κ3) is 5.07. The highest BCUT2D eigenvalue weighted by molar-refractivity contribution is 6.02. The van der Waals surface area contributed by atoms with Crippen molar-refractivity contribution in [1.82, 2.24) is 24.8 Å². The Morgan fingerprint density at radius 3 is 2.67 bits per heavy atom.